The van der Waals surface area contributed by atoms with Crippen LogP contribution in [-0.4, -0.2) is 0 Å². The van der Waals surface area contributed by atoms with Crippen LogP contribution in [0.4, 0.5) is 0 Å². The number of aryl methyl sites for hydroxylation is 1. The van der Waals surface area contributed by atoms with E-state index in [-0.39, 0.29) is 5.41 Å². The lowest BCUT2D eigenvalue weighted by Gasteiger charge is -2.18. The molecule has 0 aliphatic rings. The monoisotopic (exact) mass is 248 g/mol. The highest BCUT2D eigenvalue weighted by molar-refractivity contribution is 5.27. The van der Waals surface area contributed by atoms with E-state index < -0.39 is 0 Å². The van der Waals surface area contributed by atoms with Crippen LogP contribution >= 0.6 is 0 Å². The molecule has 0 aliphatic carbocycles. The Bertz CT molecular complexity index is 292. The van der Waals surface area contributed by atoms with E-state index in [0.717, 1.165) is 6.42 Å². The first kappa shape index (κ1) is 19.3. The second-order valence-corrected chi connectivity index (χ2v) is 4.97. The Balaban J connectivity index is 0. The Morgan fingerprint density at radius 1 is 0.889 bits per heavy atom. The molecule has 0 atom stereocenters. The summed E-state index contributed by atoms with van der Waals surface area (Å²) < 4.78 is 0. The molecule has 1 rings (SSSR count). The van der Waals surface area contributed by atoms with Crippen molar-refractivity contribution in [2.45, 2.75) is 67.2 Å². The summed E-state index contributed by atoms with van der Waals surface area (Å²) in [5.74, 6) is 0. The van der Waals surface area contributed by atoms with Crippen LogP contribution in [0.1, 0.15) is 66.5 Å². The quantitative estimate of drug-likeness (QED) is 0.522. The lowest BCUT2D eigenvalue weighted by Crippen LogP contribution is -2.10. The normalized spacial score (nSPS) is 10.2. The molecule has 0 amide bonds. The zero-order valence-corrected chi connectivity index (χ0v) is 13.7. The van der Waals surface area contributed by atoms with Crippen molar-refractivity contribution < 1.29 is 0 Å². The third kappa shape index (κ3) is 9.04. The number of hydrogen-bond acceptors (Lipinski definition) is 0. The van der Waals surface area contributed by atoms with Crippen LogP contribution in [0.5, 0.6) is 0 Å². The van der Waals surface area contributed by atoms with E-state index in [2.05, 4.69) is 52.0 Å². The lowest BCUT2D eigenvalue weighted by atomic mass is 9.86. The third-order valence-electron chi connectivity index (χ3n) is 2.56. The number of hydrogen-bond donors (Lipinski definition) is 0. The fraction of sp³-hybridized carbons (Fsp3) is 0.556. The molecule has 0 saturated heterocycles. The highest BCUT2D eigenvalue weighted by Crippen LogP contribution is 2.22. The topological polar surface area (TPSA) is 0 Å². The van der Waals surface area contributed by atoms with Crippen molar-refractivity contribution in [2.24, 2.45) is 0 Å². The average molecular weight is 248 g/mol. The SMILES string of the molecule is C/C=C\C.CC.CCc1ccc(C(C)(C)C)cc1. The maximum Gasteiger partial charge on any atom is -0.0132 e. The van der Waals surface area contributed by atoms with E-state index in [0.29, 0.717) is 0 Å². The van der Waals surface area contributed by atoms with Gasteiger partial charge in [-0.15, -0.1) is 0 Å². The fourth-order valence-corrected chi connectivity index (χ4v) is 1.24. The van der Waals surface area contributed by atoms with Gasteiger partial charge in [-0.2, -0.15) is 0 Å². The van der Waals surface area contributed by atoms with Gasteiger partial charge < -0.3 is 0 Å². The smallest absolute Gasteiger partial charge is 0.0132 e. The van der Waals surface area contributed by atoms with Crippen LogP contribution in [0.2, 0.25) is 0 Å². The van der Waals surface area contributed by atoms with Crippen molar-refractivity contribution in [1.82, 2.24) is 0 Å². The minimum absolute atomic E-state index is 0.284. The molecule has 0 aliphatic heterocycles. The van der Waals surface area contributed by atoms with Crippen molar-refractivity contribution in [3.8, 4) is 0 Å². The van der Waals surface area contributed by atoms with Gasteiger partial charge in [-0.1, -0.05) is 78.0 Å². The number of rotatable bonds is 1. The Labute approximate surface area is 115 Å². The van der Waals surface area contributed by atoms with Crippen LogP contribution in [0, 0.1) is 0 Å². The number of benzene rings is 1. The maximum absolute atomic E-state index is 2.24. The Morgan fingerprint density at radius 3 is 1.50 bits per heavy atom. The summed E-state index contributed by atoms with van der Waals surface area (Å²) >= 11 is 0. The predicted octanol–water partition coefficient (Wildman–Crippen LogP) is 6.16. The molecule has 0 unspecified atom stereocenters. The Hall–Kier alpha value is -1.04. The predicted molar refractivity (Wildman–Crippen MR) is 86.4 cm³/mol. The molecule has 1 aromatic carbocycles. The van der Waals surface area contributed by atoms with Gasteiger partial charge in [0.1, 0.15) is 0 Å². The van der Waals surface area contributed by atoms with Gasteiger partial charge in [0.25, 0.3) is 0 Å². The molecular weight excluding hydrogens is 216 g/mol. The summed E-state index contributed by atoms with van der Waals surface area (Å²) in [5.41, 5.74) is 3.12. The van der Waals surface area contributed by atoms with E-state index in [1.807, 2.05) is 39.8 Å². The fourth-order valence-electron chi connectivity index (χ4n) is 1.24. The van der Waals surface area contributed by atoms with Crippen LogP contribution in [-0.2, 0) is 11.8 Å². The second kappa shape index (κ2) is 11.1. The summed E-state index contributed by atoms with van der Waals surface area (Å²) in [6.07, 6.45) is 5.13. The molecule has 0 heterocycles. The van der Waals surface area contributed by atoms with E-state index >= 15 is 0 Å². The molecule has 0 fully saturated rings. The molecule has 1 aromatic rings. The number of allylic oxidation sites excluding steroid dienone is 2. The van der Waals surface area contributed by atoms with Crippen LogP contribution in [0.15, 0.2) is 36.4 Å². The van der Waals surface area contributed by atoms with E-state index in [1.54, 1.807) is 0 Å². The average Bonchev–Trinajstić information content (AvgIpc) is 2.40. The summed E-state index contributed by atoms with van der Waals surface area (Å²) in [7, 11) is 0. The highest BCUT2D eigenvalue weighted by atomic mass is 14.2. The summed E-state index contributed by atoms with van der Waals surface area (Å²) in [4.78, 5) is 0. The van der Waals surface area contributed by atoms with Crippen molar-refractivity contribution in [1.29, 1.82) is 0 Å². The Morgan fingerprint density at radius 2 is 1.28 bits per heavy atom. The van der Waals surface area contributed by atoms with Crippen molar-refractivity contribution in [2.75, 3.05) is 0 Å². The third-order valence-corrected chi connectivity index (χ3v) is 2.56. The first-order valence-corrected chi connectivity index (χ1v) is 7.12. The lowest BCUT2D eigenvalue weighted by molar-refractivity contribution is 0.590. The van der Waals surface area contributed by atoms with Gasteiger partial charge in [0, 0.05) is 0 Å². The van der Waals surface area contributed by atoms with Gasteiger partial charge in [-0.05, 0) is 36.8 Å². The van der Waals surface area contributed by atoms with Gasteiger partial charge in [0.05, 0.1) is 0 Å². The maximum atomic E-state index is 2.24. The summed E-state index contributed by atoms with van der Waals surface area (Å²) in [6.45, 7) is 16.9. The van der Waals surface area contributed by atoms with Gasteiger partial charge >= 0.3 is 0 Å². The van der Waals surface area contributed by atoms with Gasteiger partial charge in [-0.25, -0.2) is 0 Å². The van der Waals surface area contributed by atoms with Crippen LogP contribution in [0.3, 0.4) is 0 Å². The van der Waals surface area contributed by atoms with Crippen molar-refractivity contribution in [3.63, 3.8) is 0 Å². The van der Waals surface area contributed by atoms with Gasteiger partial charge in [0.15, 0.2) is 0 Å². The largest absolute Gasteiger partial charge is 0.0919 e. The molecule has 0 spiro atoms. The van der Waals surface area contributed by atoms with Crippen molar-refractivity contribution in [3.05, 3.63) is 47.5 Å². The molecule has 0 radical (unpaired) electrons. The molecule has 0 saturated carbocycles. The molecule has 0 heteroatoms. The first-order valence-electron chi connectivity index (χ1n) is 7.12. The first-order chi connectivity index (χ1) is 8.45. The minimum atomic E-state index is 0.284. The van der Waals surface area contributed by atoms with E-state index in [4.69, 9.17) is 0 Å². The zero-order chi connectivity index (χ0) is 14.6. The zero-order valence-electron chi connectivity index (χ0n) is 13.7. The summed E-state index contributed by atoms with van der Waals surface area (Å²) in [6, 6.07) is 8.92. The highest BCUT2D eigenvalue weighted by Gasteiger charge is 2.12. The molecule has 18 heavy (non-hydrogen) atoms. The molecular formula is C18H32. The van der Waals surface area contributed by atoms with Crippen LogP contribution in [0.25, 0.3) is 0 Å². The minimum Gasteiger partial charge on any atom is -0.0919 e. The molecule has 0 nitrogen and oxygen atoms in total. The van der Waals surface area contributed by atoms with E-state index in [1.165, 1.54) is 11.1 Å². The van der Waals surface area contributed by atoms with Crippen LogP contribution < -0.4 is 0 Å². The second-order valence-electron chi connectivity index (χ2n) is 4.97. The van der Waals surface area contributed by atoms with Gasteiger partial charge in [-0.3, -0.25) is 0 Å². The van der Waals surface area contributed by atoms with E-state index in [9.17, 15) is 0 Å². The Kier molecular flexibility index (Phi) is 11.9. The molecule has 0 bridgehead atoms. The van der Waals surface area contributed by atoms with Crippen molar-refractivity contribution >= 4 is 0 Å². The van der Waals surface area contributed by atoms with Gasteiger partial charge in [0.2, 0.25) is 0 Å². The molecule has 0 N–H and O–H groups in total. The molecule has 104 valence electrons. The molecule has 0 aromatic heterocycles. The standard InChI is InChI=1S/C12H18.C4H8.C2H6/c1-5-10-6-8-11(9-7-10)12(2,3)4;1-3-4-2;1-2/h6-9H,5H2,1-4H3;3-4H,1-2H3;1-2H3/b;4-3-;. The summed E-state index contributed by atoms with van der Waals surface area (Å²) in [5, 5.41) is 0.